The molecule has 0 radical (unpaired) electrons. The summed E-state index contributed by atoms with van der Waals surface area (Å²) in [7, 11) is 4.10. The molecule has 2 aromatic carbocycles. The minimum absolute atomic E-state index is 0.0206. The predicted octanol–water partition coefficient (Wildman–Crippen LogP) is 9.04. The molecule has 0 heterocycles. The third-order valence-corrected chi connectivity index (χ3v) is 11.1. The van der Waals surface area contributed by atoms with E-state index < -0.39 is 0 Å². The molecular weight excluding hydrogens is 553 g/mol. The van der Waals surface area contributed by atoms with Crippen molar-refractivity contribution >= 4 is 45.1 Å². The number of unbranched alkanes of at least 4 members (excludes halogenated alkanes) is 6. The first-order chi connectivity index (χ1) is 18.6. The lowest BCUT2D eigenvalue weighted by molar-refractivity contribution is 0.403. The number of thioether (sulfide) groups is 2. The van der Waals surface area contributed by atoms with Gasteiger partial charge in [-0.15, -0.1) is 0 Å². The van der Waals surface area contributed by atoms with Crippen LogP contribution in [0.3, 0.4) is 0 Å². The third kappa shape index (κ3) is 16.2. The number of aryl methyl sites for hydroxylation is 2. The van der Waals surface area contributed by atoms with Crippen molar-refractivity contribution in [3.05, 3.63) is 47.5 Å². The van der Waals surface area contributed by atoms with Gasteiger partial charge in [-0.1, -0.05) is 59.4 Å². The maximum absolute atomic E-state index is 9.54. The normalized spacial score (nSPS) is 11.3. The highest BCUT2D eigenvalue weighted by Gasteiger charge is 2.02. The van der Waals surface area contributed by atoms with Gasteiger partial charge in [0.15, 0.2) is 23.0 Å². The van der Waals surface area contributed by atoms with Crippen molar-refractivity contribution in [3.8, 4) is 23.0 Å². The Morgan fingerprint density at radius 2 is 0.763 bits per heavy atom. The Kier molecular flexibility index (Phi) is 19.1. The van der Waals surface area contributed by atoms with Crippen molar-refractivity contribution < 1.29 is 20.4 Å². The number of phenols is 4. The quantitative estimate of drug-likeness (QED) is 0.0573. The zero-order chi connectivity index (χ0) is 27.3. The Labute approximate surface area is 246 Å². The molecule has 0 unspecified atom stereocenters. The second-order valence-electron chi connectivity index (χ2n) is 9.55. The average Bonchev–Trinajstić information content (AvgIpc) is 2.91. The number of hydrogen-bond acceptors (Lipinski definition) is 8. The molecule has 38 heavy (non-hydrogen) atoms. The first kappa shape index (κ1) is 33.2. The minimum atomic E-state index is -0.0441. The van der Waals surface area contributed by atoms with E-state index in [9.17, 15) is 20.4 Å². The van der Waals surface area contributed by atoms with E-state index in [-0.39, 0.29) is 23.0 Å². The molecule has 0 amide bonds. The Hall–Kier alpha value is -0.960. The van der Waals surface area contributed by atoms with Crippen LogP contribution < -0.4 is 0 Å². The highest BCUT2D eigenvalue weighted by molar-refractivity contribution is 8.76. The SMILES string of the molecule is Oc1ccc(CCCSCCCCCCSSCCCCCCSCCCc2ccc(O)c(O)c2)cc1O. The van der Waals surface area contributed by atoms with E-state index in [2.05, 4.69) is 0 Å². The zero-order valence-corrected chi connectivity index (χ0v) is 25.9. The second kappa shape index (κ2) is 21.8. The summed E-state index contributed by atoms with van der Waals surface area (Å²) in [6, 6.07) is 10.2. The molecule has 0 atom stereocenters. The van der Waals surface area contributed by atoms with Crippen LogP contribution in [0.25, 0.3) is 0 Å². The van der Waals surface area contributed by atoms with Crippen molar-refractivity contribution in [1.29, 1.82) is 0 Å². The van der Waals surface area contributed by atoms with E-state index >= 15 is 0 Å². The molecule has 0 aliphatic carbocycles. The van der Waals surface area contributed by atoms with Gasteiger partial charge in [0.1, 0.15) is 0 Å². The summed E-state index contributed by atoms with van der Waals surface area (Å²) in [6.07, 6.45) is 14.8. The molecule has 4 N–H and O–H groups in total. The van der Waals surface area contributed by atoms with Crippen molar-refractivity contribution in [3.63, 3.8) is 0 Å². The molecule has 2 aromatic rings. The smallest absolute Gasteiger partial charge is 0.157 e. The highest BCUT2D eigenvalue weighted by atomic mass is 33.1. The topological polar surface area (TPSA) is 80.9 Å². The molecule has 8 heteroatoms. The van der Waals surface area contributed by atoms with Gasteiger partial charge in [-0.2, -0.15) is 23.5 Å². The van der Waals surface area contributed by atoms with Gasteiger partial charge in [0.05, 0.1) is 0 Å². The monoisotopic (exact) mass is 598 g/mol. The van der Waals surface area contributed by atoms with Crippen molar-refractivity contribution in [2.75, 3.05) is 34.5 Å². The highest BCUT2D eigenvalue weighted by Crippen LogP contribution is 2.27. The summed E-state index contributed by atoms with van der Waals surface area (Å²) in [4.78, 5) is 0. The van der Waals surface area contributed by atoms with Crippen molar-refractivity contribution in [2.45, 2.75) is 77.0 Å². The molecular formula is C30H46O4S4. The van der Waals surface area contributed by atoms with Gasteiger partial charge in [0.25, 0.3) is 0 Å². The van der Waals surface area contributed by atoms with Gasteiger partial charge >= 0.3 is 0 Å². The molecule has 2 rings (SSSR count). The molecule has 214 valence electrons. The van der Waals surface area contributed by atoms with Crippen molar-refractivity contribution in [1.82, 2.24) is 0 Å². The lowest BCUT2D eigenvalue weighted by atomic mass is 10.1. The van der Waals surface area contributed by atoms with Gasteiger partial charge in [0.2, 0.25) is 0 Å². The van der Waals surface area contributed by atoms with Crippen LogP contribution >= 0.6 is 45.1 Å². The van der Waals surface area contributed by atoms with Crippen LogP contribution in [0.5, 0.6) is 23.0 Å². The molecule has 0 bridgehead atoms. The molecule has 0 saturated heterocycles. The van der Waals surface area contributed by atoms with E-state index in [1.165, 1.54) is 74.4 Å². The Balaban J connectivity index is 1.23. The van der Waals surface area contributed by atoms with E-state index in [4.69, 9.17) is 0 Å². The number of benzene rings is 2. The maximum atomic E-state index is 9.54. The molecule has 0 aromatic heterocycles. The Morgan fingerprint density at radius 1 is 0.395 bits per heavy atom. The second-order valence-corrected chi connectivity index (χ2v) is 14.7. The molecule has 0 aliphatic heterocycles. The maximum Gasteiger partial charge on any atom is 0.157 e. The van der Waals surface area contributed by atoms with Gasteiger partial charge in [-0.25, -0.2) is 0 Å². The van der Waals surface area contributed by atoms with Crippen LogP contribution in [-0.4, -0.2) is 54.9 Å². The number of aromatic hydroxyl groups is 4. The summed E-state index contributed by atoms with van der Waals surface area (Å²) < 4.78 is 0. The fourth-order valence-corrected chi connectivity index (χ4v) is 8.18. The third-order valence-electron chi connectivity index (χ3n) is 6.20. The van der Waals surface area contributed by atoms with Crippen LogP contribution in [0.15, 0.2) is 36.4 Å². The lowest BCUT2D eigenvalue weighted by Gasteiger charge is -2.05. The Bertz CT molecular complexity index is 810. The van der Waals surface area contributed by atoms with Gasteiger partial charge < -0.3 is 20.4 Å². The van der Waals surface area contributed by atoms with Crippen LogP contribution in [0, 0.1) is 0 Å². The van der Waals surface area contributed by atoms with Gasteiger partial charge in [-0.3, -0.25) is 0 Å². The van der Waals surface area contributed by atoms with Crippen LogP contribution in [0.4, 0.5) is 0 Å². The average molecular weight is 599 g/mol. The fraction of sp³-hybridized carbons (Fsp3) is 0.600. The zero-order valence-electron chi connectivity index (χ0n) is 22.6. The predicted molar refractivity (Wildman–Crippen MR) is 173 cm³/mol. The first-order valence-electron chi connectivity index (χ1n) is 14.0. The van der Waals surface area contributed by atoms with Crippen LogP contribution in [0.1, 0.15) is 75.3 Å². The van der Waals surface area contributed by atoms with Crippen LogP contribution in [0.2, 0.25) is 0 Å². The van der Waals surface area contributed by atoms with Crippen LogP contribution in [-0.2, 0) is 12.8 Å². The molecule has 0 aliphatic rings. The van der Waals surface area contributed by atoms with Gasteiger partial charge in [-0.05, 0) is 110 Å². The number of rotatable bonds is 23. The van der Waals surface area contributed by atoms with E-state index in [0.717, 1.165) is 48.3 Å². The summed E-state index contributed by atoms with van der Waals surface area (Å²) in [6.45, 7) is 0. The van der Waals surface area contributed by atoms with E-state index in [1.807, 2.05) is 57.2 Å². The summed E-state index contributed by atoms with van der Waals surface area (Å²) in [5.74, 6) is 7.22. The van der Waals surface area contributed by atoms with Gasteiger partial charge in [0, 0.05) is 11.5 Å². The summed E-state index contributed by atoms with van der Waals surface area (Å²) in [5, 5.41) is 37.8. The summed E-state index contributed by atoms with van der Waals surface area (Å²) in [5.41, 5.74) is 2.18. The largest absolute Gasteiger partial charge is 0.504 e. The number of hydrogen-bond donors (Lipinski definition) is 4. The van der Waals surface area contributed by atoms with E-state index in [1.54, 1.807) is 24.3 Å². The summed E-state index contributed by atoms with van der Waals surface area (Å²) >= 11 is 4.06. The number of phenolic OH excluding ortho intramolecular Hbond substituents is 4. The molecule has 0 fully saturated rings. The lowest BCUT2D eigenvalue weighted by Crippen LogP contribution is -1.90. The standard InChI is InChI=1S/C30H46O4S4/c31-27-15-13-25(23-29(27)33)11-9-19-35-17-5-1-3-7-21-37-38-22-8-4-2-6-18-36-20-10-12-26-14-16-28(32)30(34)24-26/h13-16,23-24,31-34H,1-12,17-22H2. The first-order valence-corrected chi connectivity index (χ1v) is 18.8. The molecule has 0 saturated carbocycles. The Morgan fingerprint density at radius 3 is 1.16 bits per heavy atom. The van der Waals surface area contributed by atoms with E-state index in [0.29, 0.717) is 0 Å². The minimum Gasteiger partial charge on any atom is -0.504 e. The molecule has 4 nitrogen and oxygen atoms in total. The van der Waals surface area contributed by atoms with Crippen molar-refractivity contribution in [2.24, 2.45) is 0 Å². The molecule has 0 spiro atoms. The fourth-order valence-electron chi connectivity index (χ4n) is 3.97.